The Kier molecular flexibility index (Phi) is 5.76. The summed E-state index contributed by atoms with van der Waals surface area (Å²) in [6.07, 6.45) is 2.97. The van der Waals surface area contributed by atoms with Gasteiger partial charge in [-0.2, -0.15) is 4.48 Å². The van der Waals surface area contributed by atoms with Crippen LogP contribution in [0.3, 0.4) is 0 Å². The molecule has 23 heavy (non-hydrogen) atoms. The Balaban J connectivity index is 0.00000144. The molecule has 0 aromatic heterocycles. The van der Waals surface area contributed by atoms with Gasteiger partial charge in [0, 0.05) is 18.0 Å². The van der Waals surface area contributed by atoms with Crippen LogP contribution in [-0.2, 0) is 4.79 Å². The summed E-state index contributed by atoms with van der Waals surface area (Å²) in [6, 6.07) is -0.419. The van der Waals surface area contributed by atoms with Gasteiger partial charge >= 0.3 is 35.5 Å². The molecular formula is C16H25N2NaO4. The van der Waals surface area contributed by atoms with Crippen LogP contribution in [0.2, 0.25) is 0 Å². The molecule has 3 heterocycles. The average molecular weight is 332 g/mol. The number of amides is 2. The Bertz CT molecular complexity index is 536. The number of piperidine rings is 1. The monoisotopic (exact) mass is 332 g/mol. The first-order valence-corrected chi connectivity index (χ1v) is 8.16. The van der Waals surface area contributed by atoms with Crippen molar-refractivity contribution in [3.8, 4) is 0 Å². The Hall–Kier alpha value is -0.240. The number of rotatable bonds is 3. The number of carboxylic acid groups (broad SMARTS) is 1. The van der Waals surface area contributed by atoms with E-state index in [1.165, 1.54) is 19.3 Å². The first kappa shape index (κ1) is 19.1. The van der Waals surface area contributed by atoms with Crippen molar-refractivity contribution in [3.63, 3.8) is 0 Å². The third kappa shape index (κ3) is 2.83. The molecule has 3 rings (SSSR count). The second kappa shape index (κ2) is 6.94. The maximum absolute atomic E-state index is 12.4. The SMILES string of the molecule is CC(O)[C@H]1C(=O)[N+]2(C(=O)[O-])C=C(CN3CCCCC3)[C@H](C)[C@@H]12.[H-].[Na+]. The number of fused-ring (bicyclic) bond motifs is 1. The molecule has 2 unspecified atom stereocenters. The van der Waals surface area contributed by atoms with Gasteiger partial charge in [0.2, 0.25) is 0 Å². The zero-order valence-corrected chi connectivity index (χ0v) is 16.2. The standard InChI is InChI=1S/C16H24N2O4.Na.H/c1-10-12(8-17-6-4-3-5-7-17)9-18(16(21)22)14(10)13(11(2)19)15(18)20;;/h9-11,13-14,19H,3-8H2,1-2H3;;/q;+1;-1/t10-,11?,13+,14-,18?;;/m0../s1. The molecule has 124 valence electrons. The van der Waals surface area contributed by atoms with Crippen molar-refractivity contribution < 1.29 is 55.3 Å². The van der Waals surface area contributed by atoms with Gasteiger partial charge in [-0.25, -0.2) is 4.79 Å². The van der Waals surface area contributed by atoms with Crippen molar-refractivity contribution in [2.24, 2.45) is 11.8 Å². The van der Waals surface area contributed by atoms with Crippen molar-refractivity contribution in [3.05, 3.63) is 11.8 Å². The number of quaternary nitrogens is 1. The van der Waals surface area contributed by atoms with Crippen LogP contribution in [-0.4, -0.2) is 58.3 Å². The van der Waals surface area contributed by atoms with Gasteiger partial charge < -0.3 is 16.4 Å². The van der Waals surface area contributed by atoms with E-state index in [-0.39, 0.29) is 36.9 Å². The van der Waals surface area contributed by atoms with Gasteiger partial charge in [-0.1, -0.05) is 13.3 Å². The minimum atomic E-state index is -1.37. The van der Waals surface area contributed by atoms with Gasteiger partial charge in [-0.05, 0) is 32.9 Å². The van der Waals surface area contributed by atoms with Gasteiger partial charge in [0.05, 0.1) is 6.10 Å². The van der Waals surface area contributed by atoms with E-state index in [0.29, 0.717) is 6.54 Å². The average Bonchev–Trinajstić information content (AvgIpc) is 2.71. The van der Waals surface area contributed by atoms with Crippen molar-refractivity contribution in [2.45, 2.75) is 45.3 Å². The Labute approximate surface area is 160 Å². The second-order valence-corrected chi connectivity index (χ2v) is 6.97. The maximum atomic E-state index is 12.4. The second-order valence-electron chi connectivity index (χ2n) is 6.97. The van der Waals surface area contributed by atoms with Crippen molar-refractivity contribution in [2.75, 3.05) is 19.6 Å². The summed E-state index contributed by atoms with van der Waals surface area (Å²) in [6.45, 7) is 6.28. The fourth-order valence-corrected chi connectivity index (χ4v) is 4.44. The van der Waals surface area contributed by atoms with Crippen molar-refractivity contribution in [1.82, 2.24) is 4.90 Å². The number of aliphatic hydroxyl groups excluding tert-OH is 1. The molecule has 0 radical (unpaired) electrons. The number of hydrogen-bond acceptors (Lipinski definition) is 5. The van der Waals surface area contributed by atoms with Crippen LogP contribution in [0, 0.1) is 11.8 Å². The van der Waals surface area contributed by atoms with Crippen LogP contribution >= 0.6 is 0 Å². The van der Waals surface area contributed by atoms with Crippen LogP contribution in [0.25, 0.3) is 0 Å². The van der Waals surface area contributed by atoms with Gasteiger partial charge in [-0.3, -0.25) is 4.90 Å². The molecule has 7 heteroatoms. The minimum absolute atomic E-state index is 0. The van der Waals surface area contributed by atoms with Gasteiger partial charge in [0.1, 0.15) is 12.2 Å². The molecule has 0 aromatic rings. The number of likely N-dealkylation sites (tertiary alicyclic amines) is 1. The maximum Gasteiger partial charge on any atom is 1.00 e. The Morgan fingerprint density at radius 3 is 2.61 bits per heavy atom. The van der Waals surface area contributed by atoms with Gasteiger partial charge in [-0.15, -0.1) is 0 Å². The van der Waals surface area contributed by atoms with Crippen LogP contribution in [0.15, 0.2) is 11.8 Å². The van der Waals surface area contributed by atoms with E-state index in [1.807, 2.05) is 6.92 Å². The van der Waals surface area contributed by atoms with E-state index in [4.69, 9.17) is 0 Å². The smallest absolute Gasteiger partial charge is 1.00 e. The van der Waals surface area contributed by atoms with Crippen LogP contribution in [0.1, 0.15) is 34.5 Å². The molecular weight excluding hydrogens is 307 g/mol. The van der Waals surface area contributed by atoms with E-state index in [2.05, 4.69) is 4.90 Å². The number of β-lactam (4-membered cyclic amide) rings is 1. The predicted octanol–water partition coefficient (Wildman–Crippen LogP) is -2.81. The molecule has 0 saturated carbocycles. The molecule has 6 nitrogen and oxygen atoms in total. The zero-order chi connectivity index (χ0) is 16.1. The third-order valence-electron chi connectivity index (χ3n) is 5.63. The van der Waals surface area contributed by atoms with Gasteiger partial charge in [0.25, 0.3) is 6.09 Å². The minimum Gasteiger partial charge on any atom is -1.00 e. The Morgan fingerprint density at radius 1 is 1.48 bits per heavy atom. The Morgan fingerprint density at radius 2 is 2.09 bits per heavy atom. The number of carbonyl (C=O) groups is 2. The summed E-state index contributed by atoms with van der Waals surface area (Å²) < 4.78 is -0.722. The number of imide groups is 1. The number of nitrogens with zero attached hydrogens (tertiary/aromatic N) is 2. The fourth-order valence-electron chi connectivity index (χ4n) is 4.44. The van der Waals surface area contributed by atoms with Gasteiger partial charge in [0.15, 0.2) is 5.92 Å². The normalized spacial score (nSPS) is 38.1. The van der Waals surface area contributed by atoms with Crippen molar-refractivity contribution >= 4 is 12.0 Å². The van der Waals surface area contributed by atoms with Crippen LogP contribution in [0.4, 0.5) is 4.79 Å². The quantitative estimate of drug-likeness (QED) is 0.343. The molecule has 3 aliphatic heterocycles. The molecule has 1 N–H and O–H groups in total. The first-order valence-electron chi connectivity index (χ1n) is 8.16. The summed E-state index contributed by atoms with van der Waals surface area (Å²) in [5, 5.41) is 21.5. The number of aliphatic hydroxyl groups is 1. The van der Waals surface area contributed by atoms with Crippen LogP contribution in [0.5, 0.6) is 0 Å². The molecule has 2 amide bonds. The molecule has 2 fully saturated rings. The third-order valence-corrected chi connectivity index (χ3v) is 5.63. The van der Waals surface area contributed by atoms with Crippen LogP contribution < -0.4 is 34.7 Å². The fraction of sp³-hybridized carbons (Fsp3) is 0.750. The molecule has 2 saturated heterocycles. The van der Waals surface area contributed by atoms with Crippen molar-refractivity contribution in [1.29, 1.82) is 0 Å². The summed E-state index contributed by atoms with van der Waals surface area (Å²) in [7, 11) is 0. The summed E-state index contributed by atoms with van der Waals surface area (Å²) in [4.78, 5) is 26.3. The summed E-state index contributed by atoms with van der Waals surface area (Å²) in [5.74, 6) is -1.08. The summed E-state index contributed by atoms with van der Waals surface area (Å²) in [5.41, 5.74) is 0.993. The summed E-state index contributed by atoms with van der Waals surface area (Å²) >= 11 is 0. The topological polar surface area (TPSA) is 80.7 Å². The van der Waals surface area contributed by atoms with E-state index in [9.17, 15) is 19.8 Å². The molecule has 3 aliphatic rings. The molecule has 0 aromatic carbocycles. The number of carbonyl (C=O) groups excluding carboxylic acids is 2. The molecule has 5 atom stereocenters. The van der Waals surface area contributed by atoms with E-state index in [1.54, 1.807) is 13.1 Å². The number of hydrogen-bond donors (Lipinski definition) is 1. The molecule has 0 aliphatic carbocycles. The largest absolute Gasteiger partial charge is 1.00 e. The first-order chi connectivity index (χ1) is 10.4. The van der Waals surface area contributed by atoms with E-state index in [0.717, 1.165) is 18.7 Å². The molecule has 0 spiro atoms. The van der Waals surface area contributed by atoms with E-state index < -0.39 is 34.5 Å². The zero-order valence-electron chi connectivity index (χ0n) is 15.2. The molecule has 0 bridgehead atoms. The van der Waals surface area contributed by atoms with E-state index >= 15 is 0 Å². The predicted molar refractivity (Wildman–Crippen MR) is 78.3 cm³/mol.